The fraction of sp³-hybridized carbons (Fsp3) is 0.571. The van der Waals surface area contributed by atoms with Crippen molar-refractivity contribution in [1.82, 2.24) is 15.0 Å². The van der Waals surface area contributed by atoms with Crippen LogP contribution in [0.5, 0.6) is 0 Å². The number of rotatable bonds is 23. The Balaban J connectivity index is 2.47. The molecular formula is C35H53N5O5. The third-order valence-electron chi connectivity index (χ3n) is 8.41. The first-order chi connectivity index (χ1) is 21.4. The van der Waals surface area contributed by atoms with Crippen LogP contribution in [-0.4, -0.2) is 53.0 Å². The number of ketones is 2. The van der Waals surface area contributed by atoms with Gasteiger partial charge in [0.15, 0.2) is 23.0 Å². The highest BCUT2D eigenvalue weighted by Crippen LogP contribution is 2.40. The SMILES string of the molecule is C=CC(=O)CC(O)(C(=O)C(=C)C(O)(CCCCCCCC)CCCCCCCC)C(O)c1ccccc1-c1nc(N)nc(N)n1. The average molecular weight is 624 g/mol. The lowest BCUT2D eigenvalue weighted by Crippen LogP contribution is -2.51. The van der Waals surface area contributed by atoms with Gasteiger partial charge in [0.05, 0.1) is 5.60 Å². The third kappa shape index (κ3) is 10.8. The van der Waals surface area contributed by atoms with E-state index in [0.29, 0.717) is 12.8 Å². The van der Waals surface area contributed by atoms with Crippen molar-refractivity contribution in [3.05, 3.63) is 54.6 Å². The van der Waals surface area contributed by atoms with Crippen LogP contribution in [0, 0.1) is 0 Å². The summed E-state index contributed by atoms with van der Waals surface area (Å²) in [7, 11) is 0. The second kappa shape index (κ2) is 18.5. The topological polar surface area (TPSA) is 186 Å². The lowest BCUT2D eigenvalue weighted by Gasteiger charge is -2.37. The molecule has 45 heavy (non-hydrogen) atoms. The van der Waals surface area contributed by atoms with Crippen LogP contribution in [0.2, 0.25) is 0 Å². The molecule has 2 rings (SSSR count). The van der Waals surface area contributed by atoms with E-state index in [1.807, 2.05) is 0 Å². The van der Waals surface area contributed by atoms with Gasteiger partial charge in [0.25, 0.3) is 0 Å². The van der Waals surface area contributed by atoms with Gasteiger partial charge in [0.2, 0.25) is 11.9 Å². The lowest BCUT2D eigenvalue weighted by molar-refractivity contribution is -0.154. The molecule has 0 aliphatic heterocycles. The second-order valence-electron chi connectivity index (χ2n) is 12.0. The summed E-state index contributed by atoms with van der Waals surface area (Å²) < 4.78 is 0. The van der Waals surface area contributed by atoms with E-state index in [9.17, 15) is 24.9 Å². The molecule has 0 radical (unpaired) electrons. The molecule has 10 nitrogen and oxygen atoms in total. The van der Waals surface area contributed by atoms with Crippen LogP contribution in [0.1, 0.15) is 122 Å². The highest BCUT2D eigenvalue weighted by atomic mass is 16.4. The van der Waals surface area contributed by atoms with Crippen molar-refractivity contribution in [2.75, 3.05) is 11.5 Å². The van der Waals surface area contributed by atoms with Crippen molar-refractivity contribution in [3.8, 4) is 11.4 Å². The van der Waals surface area contributed by atoms with Crippen molar-refractivity contribution in [2.45, 2.75) is 127 Å². The van der Waals surface area contributed by atoms with Crippen LogP contribution in [-0.2, 0) is 9.59 Å². The first kappa shape index (κ1) is 37.7. The van der Waals surface area contributed by atoms with Crippen molar-refractivity contribution in [1.29, 1.82) is 0 Å². The van der Waals surface area contributed by atoms with Gasteiger partial charge in [0, 0.05) is 17.6 Å². The normalized spacial score (nSPS) is 13.6. The Hall–Kier alpha value is -3.47. The van der Waals surface area contributed by atoms with Gasteiger partial charge < -0.3 is 26.8 Å². The van der Waals surface area contributed by atoms with E-state index in [1.165, 1.54) is 6.07 Å². The Labute approximate surface area is 268 Å². The molecule has 0 spiro atoms. The number of hydrogen-bond donors (Lipinski definition) is 5. The zero-order valence-corrected chi connectivity index (χ0v) is 27.1. The molecule has 7 N–H and O–H groups in total. The van der Waals surface area contributed by atoms with E-state index in [2.05, 4.69) is 42.0 Å². The number of aliphatic hydroxyl groups excluding tert-OH is 1. The highest BCUT2D eigenvalue weighted by Gasteiger charge is 2.50. The first-order valence-corrected chi connectivity index (χ1v) is 16.3. The zero-order chi connectivity index (χ0) is 33.5. The van der Waals surface area contributed by atoms with Crippen LogP contribution in [0.25, 0.3) is 11.4 Å². The number of benzene rings is 1. The summed E-state index contributed by atoms with van der Waals surface area (Å²) >= 11 is 0. The molecule has 0 aliphatic rings. The van der Waals surface area contributed by atoms with Crippen LogP contribution >= 0.6 is 0 Å². The average Bonchev–Trinajstić information content (AvgIpc) is 3.02. The second-order valence-corrected chi connectivity index (χ2v) is 12.0. The molecule has 0 fully saturated rings. The van der Waals surface area contributed by atoms with Crippen LogP contribution < -0.4 is 11.5 Å². The Morgan fingerprint density at radius 3 is 1.84 bits per heavy atom. The minimum Gasteiger partial charge on any atom is -0.385 e. The fourth-order valence-corrected chi connectivity index (χ4v) is 5.66. The predicted molar refractivity (Wildman–Crippen MR) is 179 cm³/mol. The molecule has 1 aromatic heterocycles. The van der Waals surface area contributed by atoms with E-state index in [-0.39, 0.29) is 47.3 Å². The molecule has 0 saturated carbocycles. The number of nitrogens with zero attached hydrogens (tertiary/aromatic N) is 3. The number of carbonyl (C=O) groups excluding carboxylic acids is 2. The summed E-state index contributed by atoms with van der Waals surface area (Å²) in [5.74, 6) is -1.97. The van der Waals surface area contributed by atoms with Gasteiger partial charge >= 0.3 is 0 Å². The van der Waals surface area contributed by atoms with E-state index in [1.54, 1.807) is 18.2 Å². The minimum absolute atomic E-state index is 0.0148. The number of allylic oxidation sites excluding steroid dienone is 1. The highest BCUT2D eigenvalue weighted by molar-refractivity contribution is 6.07. The van der Waals surface area contributed by atoms with Crippen molar-refractivity contribution < 1.29 is 24.9 Å². The Kier molecular flexibility index (Phi) is 15.5. The summed E-state index contributed by atoms with van der Waals surface area (Å²) in [4.78, 5) is 38.9. The van der Waals surface area contributed by atoms with Crippen molar-refractivity contribution in [3.63, 3.8) is 0 Å². The molecule has 248 valence electrons. The van der Waals surface area contributed by atoms with Crippen LogP contribution in [0.4, 0.5) is 11.9 Å². The summed E-state index contributed by atoms with van der Waals surface area (Å²) in [6, 6.07) is 6.29. The van der Waals surface area contributed by atoms with Crippen LogP contribution in [0.3, 0.4) is 0 Å². The number of carbonyl (C=O) groups is 2. The summed E-state index contributed by atoms with van der Waals surface area (Å²) in [5.41, 5.74) is 7.30. The summed E-state index contributed by atoms with van der Waals surface area (Å²) in [6.07, 6.45) is 10.7. The number of Topliss-reactive ketones (excluding diaryl/α,β-unsaturated/α-hetero) is 1. The van der Waals surface area contributed by atoms with Gasteiger partial charge in [0.1, 0.15) is 6.10 Å². The molecule has 0 bridgehead atoms. The van der Waals surface area contributed by atoms with Gasteiger partial charge in [-0.2, -0.15) is 15.0 Å². The molecule has 1 heterocycles. The smallest absolute Gasteiger partial charge is 0.225 e. The molecule has 0 aliphatic carbocycles. The zero-order valence-electron chi connectivity index (χ0n) is 27.1. The molecule has 2 atom stereocenters. The number of aliphatic hydroxyl groups is 3. The number of anilines is 2. The van der Waals surface area contributed by atoms with E-state index >= 15 is 0 Å². The standard InChI is InChI=1S/C35H53N5O5/c1-5-8-10-12-14-18-22-34(44,23-19-15-13-11-9-6-2)25(4)29(42)35(45,24-26(41)7-3)30(43)27-20-16-17-21-28(27)31-38-32(36)40-33(37)39-31/h7,16-17,20-21,30,43-45H,3-6,8-15,18-19,22-24H2,1-2H3,(H4,36,37,38,39,40). The maximum absolute atomic E-state index is 14.2. The molecule has 1 aromatic carbocycles. The Morgan fingerprint density at radius 2 is 1.33 bits per heavy atom. The quantitative estimate of drug-likeness (QED) is 0.0729. The maximum atomic E-state index is 14.2. The van der Waals surface area contributed by atoms with Crippen molar-refractivity contribution >= 4 is 23.5 Å². The predicted octanol–water partition coefficient (Wildman–Crippen LogP) is 5.97. The molecule has 2 aromatic rings. The van der Waals surface area contributed by atoms with Gasteiger partial charge in [-0.05, 0) is 24.5 Å². The molecule has 10 heteroatoms. The Bertz CT molecular complexity index is 1250. The van der Waals surface area contributed by atoms with E-state index in [4.69, 9.17) is 11.5 Å². The monoisotopic (exact) mass is 623 g/mol. The minimum atomic E-state index is -2.68. The number of aromatic nitrogens is 3. The largest absolute Gasteiger partial charge is 0.385 e. The molecule has 2 unspecified atom stereocenters. The molecular weight excluding hydrogens is 570 g/mol. The first-order valence-electron chi connectivity index (χ1n) is 16.3. The van der Waals surface area contributed by atoms with Crippen molar-refractivity contribution in [2.24, 2.45) is 0 Å². The lowest BCUT2D eigenvalue weighted by atomic mass is 9.73. The number of nitrogen functional groups attached to an aromatic ring is 2. The van der Waals surface area contributed by atoms with E-state index < -0.39 is 35.3 Å². The summed E-state index contributed by atoms with van der Waals surface area (Å²) in [5, 5.41) is 35.7. The number of nitrogens with two attached hydrogens (primary N) is 2. The van der Waals surface area contributed by atoms with E-state index in [0.717, 1.165) is 70.3 Å². The maximum Gasteiger partial charge on any atom is 0.225 e. The van der Waals surface area contributed by atoms with Gasteiger partial charge in [-0.25, -0.2) is 0 Å². The van der Waals surface area contributed by atoms with Gasteiger partial charge in [-0.15, -0.1) is 0 Å². The van der Waals surface area contributed by atoms with Gasteiger partial charge in [-0.3, -0.25) is 9.59 Å². The van der Waals surface area contributed by atoms with Gasteiger partial charge in [-0.1, -0.05) is 128 Å². The fourth-order valence-electron chi connectivity index (χ4n) is 5.66. The van der Waals surface area contributed by atoms with Crippen LogP contribution in [0.15, 0.2) is 49.1 Å². The number of hydrogen-bond acceptors (Lipinski definition) is 10. The Morgan fingerprint density at radius 1 is 0.844 bits per heavy atom. The molecule has 0 amide bonds. The summed E-state index contributed by atoms with van der Waals surface area (Å²) in [6.45, 7) is 11.8. The third-order valence-corrected chi connectivity index (χ3v) is 8.41. The number of unbranched alkanes of at least 4 members (excludes halogenated alkanes) is 10. The molecule has 0 saturated heterocycles.